The molecule has 0 amide bonds. The molecular weight excluding hydrogens is 260 g/mol. The van der Waals surface area contributed by atoms with Gasteiger partial charge >= 0.3 is 0 Å². The lowest BCUT2D eigenvalue weighted by Gasteiger charge is -2.36. The van der Waals surface area contributed by atoms with Crippen LogP contribution in [0.25, 0.3) is 0 Å². The normalized spacial score (nSPS) is 25.6. The fourth-order valence-electron chi connectivity index (χ4n) is 1.61. The molecule has 1 aliphatic rings. The van der Waals surface area contributed by atoms with E-state index in [2.05, 4.69) is 32.5 Å². The highest BCUT2D eigenvalue weighted by atomic mass is 79.9. The molecule has 1 heterocycles. The zero-order valence-corrected chi connectivity index (χ0v) is 10.4. The van der Waals surface area contributed by atoms with Crippen molar-refractivity contribution in [2.24, 2.45) is 0 Å². The molecule has 2 unspecified atom stereocenters. The molecule has 76 valence electrons. The SMILES string of the molecule is CSC1CCC1Nc1ccncc1Br. The summed E-state index contributed by atoms with van der Waals surface area (Å²) in [6.45, 7) is 0. The van der Waals surface area contributed by atoms with E-state index in [1.807, 2.05) is 30.2 Å². The van der Waals surface area contributed by atoms with E-state index >= 15 is 0 Å². The molecule has 2 rings (SSSR count). The molecule has 1 aliphatic carbocycles. The Morgan fingerprint density at radius 2 is 2.43 bits per heavy atom. The Morgan fingerprint density at radius 1 is 1.57 bits per heavy atom. The van der Waals surface area contributed by atoms with Crippen LogP contribution >= 0.6 is 27.7 Å². The molecular formula is C10H13BrN2S. The summed E-state index contributed by atoms with van der Waals surface area (Å²) in [4.78, 5) is 4.04. The van der Waals surface area contributed by atoms with Gasteiger partial charge in [-0.05, 0) is 41.1 Å². The number of pyridine rings is 1. The van der Waals surface area contributed by atoms with Crippen LogP contribution in [0.2, 0.25) is 0 Å². The predicted molar refractivity (Wildman–Crippen MR) is 65.9 cm³/mol. The van der Waals surface area contributed by atoms with Gasteiger partial charge in [-0.1, -0.05) is 0 Å². The monoisotopic (exact) mass is 272 g/mol. The molecule has 1 aromatic rings. The Balaban J connectivity index is 2.01. The van der Waals surface area contributed by atoms with E-state index in [1.165, 1.54) is 12.8 Å². The van der Waals surface area contributed by atoms with E-state index in [4.69, 9.17) is 0 Å². The topological polar surface area (TPSA) is 24.9 Å². The molecule has 1 N–H and O–H groups in total. The first-order valence-corrected chi connectivity index (χ1v) is 6.78. The molecule has 0 bridgehead atoms. The average molecular weight is 273 g/mol. The molecule has 0 aliphatic heterocycles. The standard InChI is InChI=1S/C10H13BrN2S/c1-14-10-3-2-9(10)13-8-4-5-12-6-7(8)11/h4-6,9-10H,2-3H2,1H3,(H,12,13). The first kappa shape index (κ1) is 10.3. The number of thioether (sulfide) groups is 1. The number of halogens is 1. The third-order valence-corrected chi connectivity index (χ3v) is 4.43. The lowest BCUT2D eigenvalue weighted by molar-refractivity contribution is 0.463. The smallest absolute Gasteiger partial charge is 0.0590 e. The fraction of sp³-hybridized carbons (Fsp3) is 0.500. The maximum absolute atomic E-state index is 4.04. The van der Waals surface area contributed by atoms with E-state index in [-0.39, 0.29) is 0 Å². The highest BCUT2D eigenvalue weighted by molar-refractivity contribution is 9.10. The maximum atomic E-state index is 4.04. The van der Waals surface area contributed by atoms with E-state index in [0.29, 0.717) is 6.04 Å². The number of hydrogen-bond donors (Lipinski definition) is 1. The number of nitrogens with one attached hydrogen (secondary N) is 1. The van der Waals surface area contributed by atoms with Gasteiger partial charge in [0.05, 0.1) is 10.2 Å². The molecule has 2 nitrogen and oxygen atoms in total. The van der Waals surface area contributed by atoms with Crippen molar-refractivity contribution in [3.05, 3.63) is 22.9 Å². The van der Waals surface area contributed by atoms with Crippen molar-refractivity contribution in [1.82, 2.24) is 4.98 Å². The Hall–Kier alpha value is -0.220. The lowest BCUT2D eigenvalue weighted by atomic mass is 9.92. The third-order valence-electron chi connectivity index (χ3n) is 2.63. The van der Waals surface area contributed by atoms with Crippen molar-refractivity contribution in [3.8, 4) is 0 Å². The molecule has 0 spiro atoms. The van der Waals surface area contributed by atoms with Gasteiger partial charge < -0.3 is 5.32 Å². The van der Waals surface area contributed by atoms with Crippen molar-refractivity contribution in [2.45, 2.75) is 24.1 Å². The van der Waals surface area contributed by atoms with Gasteiger partial charge in [0.15, 0.2) is 0 Å². The average Bonchev–Trinajstić information content (AvgIpc) is 2.15. The van der Waals surface area contributed by atoms with Crippen molar-refractivity contribution in [3.63, 3.8) is 0 Å². The van der Waals surface area contributed by atoms with Crippen LogP contribution in [0.3, 0.4) is 0 Å². The summed E-state index contributed by atoms with van der Waals surface area (Å²) >= 11 is 5.44. The number of anilines is 1. The molecule has 2 atom stereocenters. The van der Waals surface area contributed by atoms with Gasteiger partial charge in [-0.2, -0.15) is 11.8 Å². The van der Waals surface area contributed by atoms with Gasteiger partial charge in [0.1, 0.15) is 0 Å². The number of nitrogens with zero attached hydrogens (tertiary/aromatic N) is 1. The van der Waals surface area contributed by atoms with Crippen LogP contribution in [0.15, 0.2) is 22.9 Å². The van der Waals surface area contributed by atoms with E-state index in [9.17, 15) is 0 Å². The van der Waals surface area contributed by atoms with Gasteiger partial charge in [0.2, 0.25) is 0 Å². The minimum absolute atomic E-state index is 0.628. The summed E-state index contributed by atoms with van der Waals surface area (Å²) in [7, 11) is 0. The third kappa shape index (κ3) is 2.06. The first-order chi connectivity index (χ1) is 6.81. The number of aromatic nitrogens is 1. The van der Waals surface area contributed by atoms with Crippen LogP contribution in [-0.2, 0) is 0 Å². The highest BCUT2D eigenvalue weighted by Gasteiger charge is 2.29. The zero-order chi connectivity index (χ0) is 9.97. The van der Waals surface area contributed by atoms with Gasteiger partial charge in [0, 0.05) is 23.7 Å². The second-order valence-electron chi connectivity index (χ2n) is 3.46. The van der Waals surface area contributed by atoms with E-state index in [0.717, 1.165) is 15.4 Å². The fourth-order valence-corrected chi connectivity index (χ4v) is 2.88. The Morgan fingerprint density at radius 3 is 3.00 bits per heavy atom. The summed E-state index contributed by atoms with van der Waals surface area (Å²) in [5, 5.41) is 4.31. The van der Waals surface area contributed by atoms with Crippen LogP contribution < -0.4 is 5.32 Å². The van der Waals surface area contributed by atoms with Gasteiger partial charge in [0.25, 0.3) is 0 Å². The minimum Gasteiger partial charge on any atom is -0.380 e. The molecule has 0 radical (unpaired) electrons. The molecule has 14 heavy (non-hydrogen) atoms. The molecule has 1 aromatic heterocycles. The highest BCUT2D eigenvalue weighted by Crippen LogP contribution is 2.34. The van der Waals surface area contributed by atoms with Crippen LogP contribution in [-0.4, -0.2) is 22.5 Å². The minimum atomic E-state index is 0.628. The van der Waals surface area contributed by atoms with Gasteiger partial charge in [-0.3, -0.25) is 4.98 Å². The van der Waals surface area contributed by atoms with Gasteiger partial charge in [-0.15, -0.1) is 0 Å². The van der Waals surface area contributed by atoms with Crippen LogP contribution in [0.5, 0.6) is 0 Å². The van der Waals surface area contributed by atoms with Crippen LogP contribution in [0.1, 0.15) is 12.8 Å². The second-order valence-corrected chi connectivity index (χ2v) is 5.39. The Labute approximate surface area is 97.0 Å². The van der Waals surface area contributed by atoms with Crippen molar-refractivity contribution in [1.29, 1.82) is 0 Å². The van der Waals surface area contributed by atoms with E-state index in [1.54, 1.807) is 0 Å². The Kier molecular flexibility index (Phi) is 3.34. The van der Waals surface area contributed by atoms with E-state index < -0.39 is 0 Å². The number of hydrogen-bond acceptors (Lipinski definition) is 3. The summed E-state index contributed by atoms with van der Waals surface area (Å²) in [5.41, 5.74) is 1.16. The lowest BCUT2D eigenvalue weighted by Crippen LogP contribution is -2.40. The first-order valence-electron chi connectivity index (χ1n) is 4.70. The maximum Gasteiger partial charge on any atom is 0.0590 e. The number of rotatable bonds is 3. The Bertz CT molecular complexity index is 317. The van der Waals surface area contributed by atoms with Crippen LogP contribution in [0.4, 0.5) is 5.69 Å². The van der Waals surface area contributed by atoms with Crippen molar-refractivity contribution >= 4 is 33.4 Å². The summed E-state index contributed by atoms with van der Waals surface area (Å²) in [6.07, 6.45) is 8.44. The molecule has 0 aromatic carbocycles. The summed E-state index contributed by atoms with van der Waals surface area (Å²) in [6, 6.07) is 2.64. The molecule has 0 saturated heterocycles. The molecule has 1 fully saturated rings. The van der Waals surface area contributed by atoms with Crippen molar-refractivity contribution in [2.75, 3.05) is 11.6 Å². The summed E-state index contributed by atoms with van der Waals surface area (Å²) < 4.78 is 1.05. The second kappa shape index (κ2) is 4.53. The van der Waals surface area contributed by atoms with Crippen molar-refractivity contribution < 1.29 is 0 Å². The largest absolute Gasteiger partial charge is 0.380 e. The van der Waals surface area contributed by atoms with Crippen LogP contribution in [0, 0.1) is 0 Å². The predicted octanol–water partition coefficient (Wildman–Crippen LogP) is 3.15. The van der Waals surface area contributed by atoms with Gasteiger partial charge in [-0.25, -0.2) is 0 Å². The molecule has 1 saturated carbocycles. The summed E-state index contributed by atoms with van der Waals surface area (Å²) in [5.74, 6) is 0. The zero-order valence-electron chi connectivity index (χ0n) is 8.03. The molecule has 4 heteroatoms. The quantitative estimate of drug-likeness (QED) is 0.915.